The first-order chi connectivity index (χ1) is 10.6. The summed E-state index contributed by atoms with van der Waals surface area (Å²) in [6.45, 7) is -0.273. The Kier molecular flexibility index (Phi) is 3.06. The molecule has 7 nitrogen and oxygen atoms in total. The first kappa shape index (κ1) is 14.1. The summed E-state index contributed by atoms with van der Waals surface area (Å²) in [7, 11) is 0. The lowest BCUT2D eigenvalue weighted by molar-refractivity contribution is -0.368. The second-order valence-corrected chi connectivity index (χ2v) is 5.80. The Morgan fingerprint density at radius 3 is 2.82 bits per heavy atom. The number of ether oxygens (including phenoxy) is 2. The van der Waals surface area contributed by atoms with Crippen molar-refractivity contribution in [2.75, 3.05) is 6.61 Å². The molecule has 0 bridgehead atoms. The van der Waals surface area contributed by atoms with E-state index in [9.17, 15) is 20.4 Å². The first-order valence-corrected chi connectivity index (χ1v) is 7.14. The van der Waals surface area contributed by atoms with E-state index in [0.29, 0.717) is 5.56 Å². The number of aliphatic hydroxyl groups excluding tert-OH is 4. The summed E-state index contributed by atoms with van der Waals surface area (Å²) in [6.07, 6.45) is -3.55. The molecule has 5 N–H and O–H groups in total. The number of aliphatic hydroxyl groups is 4. The molecule has 0 unspecified atom stereocenters. The van der Waals surface area contributed by atoms with E-state index in [1.165, 1.54) is 0 Å². The summed E-state index contributed by atoms with van der Waals surface area (Å²) in [5.41, 5.74) is 2.28. The molecule has 0 aliphatic carbocycles. The third kappa shape index (κ3) is 1.72. The molecule has 22 heavy (non-hydrogen) atoms. The van der Waals surface area contributed by atoms with Crippen molar-refractivity contribution in [3.63, 3.8) is 0 Å². The van der Waals surface area contributed by atoms with Crippen molar-refractivity contribution < 1.29 is 29.9 Å². The maximum atomic E-state index is 10.4. The fourth-order valence-corrected chi connectivity index (χ4v) is 3.34. The molecule has 2 aliphatic rings. The average molecular weight is 307 g/mol. The van der Waals surface area contributed by atoms with Gasteiger partial charge in [0, 0.05) is 17.3 Å². The average Bonchev–Trinajstić information content (AvgIpc) is 3.12. The Labute approximate surface area is 125 Å². The standard InChI is InChI=1S/C15H17NO6/c17-5-11-12(18)13(19)14(20)15(22-11)9-4-10-7(1-2-16-10)3-8(9)6-21-15/h1-4,11-14,16-20H,5-6H2/t11-,12-,13+,14-,15+/m1/s1. The Morgan fingerprint density at radius 2 is 2.05 bits per heavy atom. The highest BCUT2D eigenvalue weighted by atomic mass is 16.7. The van der Waals surface area contributed by atoms with Crippen molar-refractivity contribution in [2.24, 2.45) is 0 Å². The number of aromatic amines is 1. The number of aromatic nitrogens is 1. The third-order valence-electron chi connectivity index (χ3n) is 4.54. The van der Waals surface area contributed by atoms with Gasteiger partial charge in [0.1, 0.15) is 24.4 Å². The highest BCUT2D eigenvalue weighted by Crippen LogP contribution is 2.46. The molecule has 3 heterocycles. The maximum absolute atomic E-state index is 10.4. The number of hydrogen-bond donors (Lipinski definition) is 5. The van der Waals surface area contributed by atoms with Crippen LogP contribution in [-0.2, 0) is 21.9 Å². The van der Waals surface area contributed by atoms with Crippen molar-refractivity contribution in [3.05, 3.63) is 35.5 Å². The molecule has 0 saturated carbocycles. The van der Waals surface area contributed by atoms with Crippen LogP contribution in [0.15, 0.2) is 24.4 Å². The Balaban J connectivity index is 1.85. The minimum absolute atomic E-state index is 0.217. The molecule has 2 aliphatic heterocycles. The van der Waals surface area contributed by atoms with E-state index in [1.54, 1.807) is 12.3 Å². The van der Waals surface area contributed by atoms with Crippen molar-refractivity contribution in [1.82, 2.24) is 4.98 Å². The molecule has 1 fully saturated rings. The van der Waals surface area contributed by atoms with E-state index in [4.69, 9.17) is 9.47 Å². The lowest BCUT2D eigenvalue weighted by Crippen LogP contribution is -2.63. The smallest absolute Gasteiger partial charge is 0.225 e. The predicted octanol–water partition coefficient (Wildman–Crippen LogP) is -0.675. The van der Waals surface area contributed by atoms with E-state index in [0.717, 1.165) is 16.5 Å². The molecule has 1 saturated heterocycles. The Bertz CT molecular complexity index is 713. The van der Waals surface area contributed by atoms with Gasteiger partial charge < -0.3 is 34.9 Å². The Morgan fingerprint density at radius 1 is 1.23 bits per heavy atom. The van der Waals surface area contributed by atoms with Crippen LogP contribution >= 0.6 is 0 Å². The molecule has 1 aromatic carbocycles. The number of hydrogen-bond acceptors (Lipinski definition) is 6. The number of benzene rings is 1. The van der Waals surface area contributed by atoms with Crippen LogP contribution in [0.5, 0.6) is 0 Å². The number of nitrogens with one attached hydrogen (secondary N) is 1. The zero-order valence-corrected chi connectivity index (χ0v) is 11.6. The van der Waals surface area contributed by atoms with Crippen molar-refractivity contribution in [1.29, 1.82) is 0 Å². The summed E-state index contributed by atoms with van der Waals surface area (Å²) in [6, 6.07) is 5.66. The fraction of sp³-hybridized carbons (Fsp3) is 0.467. The summed E-state index contributed by atoms with van der Waals surface area (Å²) in [4.78, 5) is 3.08. The van der Waals surface area contributed by atoms with Crippen molar-refractivity contribution >= 4 is 10.9 Å². The van der Waals surface area contributed by atoms with Crippen LogP contribution in [0.4, 0.5) is 0 Å². The van der Waals surface area contributed by atoms with Gasteiger partial charge in [0.15, 0.2) is 0 Å². The highest BCUT2D eigenvalue weighted by molar-refractivity contribution is 5.81. The summed E-state index contributed by atoms with van der Waals surface area (Å²) >= 11 is 0. The zero-order valence-electron chi connectivity index (χ0n) is 11.6. The van der Waals surface area contributed by atoms with Gasteiger partial charge in [-0.25, -0.2) is 0 Å². The number of H-pyrrole nitrogens is 1. The van der Waals surface area contributed by atoms with Crippen LogP contribution in [0.25, 0.3) is 10.9 Å². The second kappa shape index (κ2) is 4.76. The molecule has 118 valence electrons. The molecule has 7 heteroatoms. The van der Waals surface area contributed by atoms with Crippen molar-refractivity contribution in [3.8, 4) is 0 Å². The molecule has 1 spiro atoms. The molecule has 5 atom stereocenters. The van der Waals surface area contributed by atoms with Gasteiger partial charge in [-0.2, -0.15) is 0 Å². The van der Waals surface area contributed by atoms with Crippen LogP contribution in [-0.4, -0.2) is 56.4 Å². The second-order valence-electron chi connectivity index (χ2n) is 5.80. The molecule has 4 rings (SSSR count). The molecule has 0 radical (unpaired) electrons. The fourth-order valence-electron chi connectivity index (χ4n) is 3.34. The highest BCUT2D eigenvalue weighted by Gasteiger charge is 2.58. The largest absolute Gasteiger partial charge is 0.394 e. The van der Waals surface area contributed by atoms with Crippen LogP contribution < -0.4 is 0 Å². The lowest BCUT2D eigenvalue weighted by atomic mass is 9.87. The summed E-state index contributed by atoms with van der Waals surface area (Å²) in [5.74, 6) is -1.58. The molecular formula is C15H17NO6. The van der Waals surface area contributed by atoms with Gasteiger partial charge in [-0.3, -0.25) is 0 Å². The van der Waals surface area contributed by atoms with Gasteiger partial charge >= 0.3 is 0 Å². The van der Waals surface area contributed by atoms with Gasteiger partial charge in [0.2, 0.25) is 5.79 Å². The SMILES string of the molecule is OC[C@H]1O[C@]2(OCc3cc4cc[nH]c4cc32)[C@H](O)[C@@H](O)[C@@H]1O. The normalized spacial score (nSPS) is 37.8. The lowest BCUT2D eigenvalue weighted by Gasteiger charge is -2.46. The van der Waals surface area contributed by atoms with Gasteiger partial charge in [-0.1, -0.05) is 0 Å². The topological polar surface area (TPSA) is 115 Å². The van der Waals surface area contributed by atoms with Gasteiger partial charge in [0.25, 0.3) is 0 Å². The van der Waals surface area contributed by atoms with E-state index >= 15 is 0 Å². The van der Waals surface area contributed by atoms with E-state index in [2.05, 4.69) is 4.98 Å². The zero-order chi connectivity index (χ0) is 15.5. The number of fused-ring (bicyclic) bond motifs is 3. The molecule has 2 aromatic rings. The van der Waals surface area contributed by atoms with E-state index in [-0.39, 0.29) is 6.61 Å². The number of rotatable bonds is 1. The quantitative estimate of drug-likeness (QED) is 0.477. The monoisotopic (exact) mass is 307 g/mol. The minimum Gasteiger partial charge on any atom is -0.394 e. The maximum Gasteiger partial charge on any atom is 0.225 e. The van der Waals surface area contributed by atoms with Crippen LogP contribution in [0.1, 0.15) is 11.1 Å². The Hall–Kier alpha value is -1.48. The van der Waals surface area contributed by atoms with Gasteiger partial charge in [0.05, 0.1) is 13.2 Å². The minimum atomic E-state index is -1.58. The van der Waals surface area contributed by atoms with Crippen LogP contribution in [0.3, 0.4) is 0 Å². The summed E-state index contributed by atoms with van der Waals surface area (Å²) in [5, 5.41) is 40.8. The first-order valence-electron chi connectivity index (χ1n) is 7.14. The summed E-state index contributed by atoms with van der Waals surface area (Å²) < 4.78 is 11.4. The van der Waals surface area contributed by atoms with Crippen LogP contribution in [0, 0.1) is 0 Å². The van der Waals surface area contributed by atoms with Crippen LogP contribution in [0.2, 0.25) is 0 Å². The van der Waals surface area contributed by atoms with E-state index in [1.807, 2.05) is 12.1 Å². The molecular weight excluding hydrogens is 290 g/mol. The molecule has 0 amide bonds. The molecule has 1 aromatic heterocycles. The van der Waals surface area contributed by atoms with E-state index < -0.39 is 36.8 Å². The van der Waals surface area contributed by atoms with Crippen molar-refractivity contribution in [2.45, 2.75) is 36.8 Å². The third-order valence-corrected chi connectivity index (χ3v) is 4.54. The predicted molar refractivity (Wildman–Crippen MR) is 74.7 cm³/mol. The van der Waals surface area contributed by atoms with Gasteiger partial charge in [-0.15, -0.1) is 0 Å². The van der Waals surface area contributed by atoms with Gasteiger partial charge in [-0.05, 0) is 29.1 Å².